The van der Waals surface area contributed by atoms with Crippen molar-refractivity contribution >= 4 is 5.69 Å². The number of hydrogen-bond donors (Lipinski definition) is 0. The number of benzene rings is 3. The molecule has 0 fully saturated rings. The number of alkyl halides is 3. The highest BCUT2D eigenvalue weighted by Gasteiger charge is 2.33. The molecule has 0 radical (unpaired) electrons. The molecule has 0 bridgehead atoms. The summed E-state index contributed by atoms with van der Waals surface area (Å²) in [4.78, 5) is 10.9. The Morgan fingerprint density at radius 1 is 1.06 bits per heavy atom. The van der Waals surface area contributed by atoms with Gasteiger partial charge in [-0.05, 0) is 37.3 Å². The van der Waals surface area contributed by atoms with E-state index in [2.05, 4.69) is 0 Å². The number of nitro groups is 1. The zero-order valence-electron chi connectivity index (χ0n) is 17.0. The summed E-state index contributed by atoms with van der Waals surface area (Å²) in [5.74, 6) is -0.0840. The predicted molar refractivity (Wildman–Crippen MR) is 110 cm³/mol. The highest BCUT2D eigenvalue weighted by Crippen LogP contribution is 2.47. The van der Waals surface area contributed by atoms with Crippen LogP contribution in [0.15, 0.2) is 60.7 Å². The summed E-state index contributed by atoms with van der Waals surface area (Å²) in [6, 6.07) is 16.5. The van der Waals surface area contributed by atoms with E-state index in [0.29, 0.717) is 11.8 Å². The average Bonchev–Trinajstić information content (AvgIpc) is 2.78. The van der Waals surface area contributed by atoms with Crippen LogP contribution in [0.5, 0.6) is 17.2 Å². The number of nitro benzene ring substituents is 1. The minimum absolute atomic E-state index is 0.0109. The molecule has 3 rings (SSSR count). The Morgan fingerprint density at radius 2 is 1.76 bits per heavy atom. The van der Waals surface area contributed by atoms with Gasteiger partial charge in [0.2, 0.25) is 5.75 Å². The van der Waals surface area contributed by atoms with Gasteiger partial charge >= 0.3 is 11.9 Å². The van der Waals surface area contributed by atoms with E-state index < -0.39 is 39.8 Å². The third-order valence-corrected chi connectivity index (χ3v) is 4.48. The van der Waals surface area contributed by atoms with Gasteiger partial charge in [0.15, 0.2) is 6.10 Å². The van der Waals surface area contributed by atoms with E-state index in [0.717, 1.165) is 18.2 Å². The topological polar surface area (TPSA) is 109 Å². The van der Waals surface area contributed by atoms with Gasteiger partial charge in [-0.1, -0.05) is 24.3 Å². The summed E-state index contributed by atoms with van der Waals surface area (Å²) >= 11 is 0. The molecule has 10 heteroatoms. The molecular weight excluding hydrogens is 439 g/mol. The number of para-hydroxylation sites is 1. The van der Waals surface area contributed by atoms with E-state index in [9.17, 15) is 28.5 Å². The third kappa shape index (κ3) is 5.02. The van der Waals surface area contributed by atoms with E-state index in [1.807, 2.05) is 0 Å². The monoisotopic (exact) mass is 453 g/mol. The molecule has 0 heterocycles. The SMILES string of the molecule is CC(C#N)Oc1c([N+](=O)[O-])ccc(Oc2ccccc2)c1-c1ccc(C(F)(F)F)cc1C#N. The van der Waals surface area contributed by atoms with Crippen molar-refractivity contribution in [1.82, 2.24) is 0 Å². The summed E-state index contributed by atoms with van der Waals surface area (Å²) in [5, 5.41) is 30.4. The van der Waals surface area contributed by atoms with Gasteiger partial charge in [0.05, 0.1) is 27.7 Å². The molecule has 0 saturated carbocycles. The maximum atomic E-state index is 13.2. The maximum Gasteiger partial charge on any atom is 0.416 e. The first-order valence-electron chi connectivity index (χ1n) is 9.38. The standard InChI is InChI=1S/C23H14F3N3O4/c1-14(12-27)32-22-19(29(30)31)9-10-20(33-17-5-3-2-4-6-17)21(22)18-8-7-16(23(24,25)26)11-15(18)13-28/h2-11,14H,1H3. The van der Waals surface area contributed by atoms with Gasteiger partial charge in [-0.2, -0.15) is 23.7 Å². The number of nitrogens with zero attached hydrogens (tertiary/aromatic N) is 3. The molecule has 0 saturated heterocycles. The van der Waals surface area contributed by atoms with E-state index >= 15 is 0 Å². The number of rotatable bonds is 6. The first kappa shape index (κ1) is 23.1. The normalized spacial score (nSPS) is 11.7. The predicted octanol–water partition coefficient (Wildman–Crippen LogP) is 6.24. The fraction of sp³-hybridized carbons (Fsp3) is 0.130. The van der Waals surface area contributed by atoms with Crippen LogP contribution in [-0.2, 0) is 6.18 Å². The van der Waals surface area contributed by atoms with Gasteiger partial charge in [0.25, 0.3) is 0 Å². The number of hydrogen-bond acceptors (Lipinski definition) is 6. The van der Waals surface area contributed by atoms with Crippen molar-refractivity contribution in [1.29, 1.82) is 10.5 Å². The summed E-state index contributed by atoms with van der Waals surface area (Å²) in [7, 11) is 0. The lowest BCUT2D eigenvalue weighted by Crippen LogP contribution is -2.11. The maximum absolute atomic E-state index is 13.2. The minimum atomic E-state index is -4.70. The van der Waals surface area contributed by atoms with Gasteiger partial charge in [-0.15, -0.1) is 0 Å². The summed E-state index contributed by atoms with van der Waals surface area (Å²) in [6.45, 7) is 1.34. The van der Waals surface area contributed by atoms with Crippen LogP contribution in [0.25, 0.3) is 11.1 Å². The Hall–Kier alpha value is -4.57. The van der Waals surface area contributed by atoms with Crippen LogP contribution < -0.4 is 9.47 Å². The molecule has 1 unspecified atom stereocenters. The lowest BCUT2D eigenvalue weighted by molar-refractivity contribution is -0.385. The summed E-state index contributed by atoms with van der Waals surface area (Å²) in [6.07, 6.45) is -5.85. The number of ether oxygens (including phenoxy) is 2. The van der Waals surface area contributed by atoms with Crippen LogP contribution in [0.4, 0.5) is 18.9 Å². The molecule has 33 heavy (non-hydrogen) atoms. The van der Waals surface area contributed by atoms with Crippen LogP contribution in [-0.4, -0.2) is 11.0 Å². The molecule has 7 nitrogen and oxygen atoms in total. The van der Waals surface area contributed by atoms with Crippen molar-refractivity contribution in [2.24, 2.45) is 0 Å². The fourth-order valence-electron chi connectivity index (χ4n) is 3.01. The number of halogens is 3. The molecule has 0 aliphatic carbocycles. The Labute approximate surface area is 186 Å². The average molecular weight is 453 g/mol. The van der Waals surface area contributed by atoms with Crippen LogP contribution in [0.2, 0.25) is 0 Å². The molecule has 166 valence electrons. The Balaban J connectivity index is 2.35. The highest BCUT2D eigenvalue weighted by molar-refractivity contribution is 5.85. The van der Waals surface area contributed by atoms with Gasteiger partial charge in [-0.25, -0.2) is 0 Å². The Morgan fingerprint density at radius 3 is 2.33 bits per heavy atom. The van der Waals surface area contributed by atoms with E-state index in [-0.39, 0.29) is 16.9 Å². The van der Waals surface area contributed by atoms with Gasteiger partial charge in [0.1, 0.15) is 17.6 Å². The lowest BCUT2D eigenvalue weighted by atomic mass is 9.95. The molecule has 0 aliphatic heterocycles. The lowest BCUT2D eigenvalue weighted by Gasteiger charge is -2.19. The molecule has 1 atom stereocenters. The van der Waals surface area contributed by atoms with Gasteiger partial charge < -0.3 is 9.47 Å². The van der Waals surface area contributed by atoms with Crippen LogP contribution in [0.3, 0.4) is 0 Å². The molecule has 0 spiro atoms. The number of nitriles is 2. The van der Waals surface area contributed by atoms with Crippen LogP contribution in [0.1, 0.15) is 18.1 Å². The van der Waals surface area contributed by atoms with Crippen molar-refractivity contribution in [3.8, 4) is 40.5 Å². The van der Waals surface area contributed by atoms with Crippen molar-refractivity contribution in [2.45, 2.75) is 19.2 Å². The highest BCUT2D eigenvalue weighted by atomic mass is 19.4. The van der Waals surface area contributed by atoms with Crippen molar-refractivity contribution in [3.63, 3.8) is 0 Å². The zero-order chi connectivity index (χ0) is 24.2. The molecular formula is C23H14F3N3O4. The molecule has 3 aromatic carbocycles. The second-order valence-corrected chi connectivity index (χ2v) is 6.72. The molecule has 0 amide bonds. The third-order valence-electron chi connectivity index (χ3n) is 4.48. The largest absolute Gasteiger partial charge is 0.468 e. The molecule has 0 aromatic heterocycles. The van der Waals surface area contributed by atoms with Crippen molar-refractivity contribution < 1.29 is 27.6 Å². The van der Waals surface area contributed by atoms with E-state index in [4.69, 9.17) is 14.7 Å². The van der Waals surface area contributed by atoms with E-state index in [1.165, 1.54) is 13.0 Å². The molecule has 0 N–H and O–H groups in total. The van der Waals surface area contributed by atoms with Crippen LogP contribution >= 0.6 is 0 Å². The van der Waals surface area contributed by atoms with Crippen LogP contribution in [0, 0.1) is 32.8 Å². The molecule has 3 aromatic rings. The van der Waals surface area contributed by atoms with Crippen molar-refractivity contribution in [3.05, 3.63) is 81.9 Å². The van der Waals surface area contributed by atoms with Gasteiger partial charge in [-0.3, -0.25) is 10.1 Å². The van der Waals surface area contributed by atoms with Gasteiger partial charge in [0, 0.05) is 11.6 Å². The first-order chi connectivity index (χ1) is 15.7. The Bertz CT molecular complexity index is 1280. The molecule has 0 aliphatic rings. The minimum Gasteiger partial charge on any atom is -0.468 e. The zero-order valence-corrected chi connectivity index (χ0v) is 17.0. The van der Waals surface area contributed by atoms with E-state index in [1.54, 1.807) is 42.5 Å². The smallest absolute Gasteiger partial charge is 0.416 e. The Kier molecular flexibility index (Phi) is 6.50. The first-order valence-corrected chi connectivity index (χ1v) is 9.38. The summed E-state index contributed by atoms with van der Waals surface area (Å²) < 4.78 is 50.9. The second-order valence-electron chi connectivity index (χ2n) is 6.72. The van der Waals surface area contributed by atoms with Crippen molar-refractivity contribution in [2.75, 3.05) is 0 Å². The fourth-order valence-corrected chi connectivity index (χ4v) is 3.01. The summed E-state index contributed by atoms with van der Waals surface area (Å²) in [5.41, 5.74) is -2.22. The quantitative estimate of drug-likeness (QED) is 0.323. The second kappa shape index (κ2) is 9.28.